The smallest absolute Gasteiger partial charge is 0.317 e. The molecule has 0 rings (SSSR count). The Hall–Kier alpha value is -0.610. The van der Waals surface area contributed by atoms with E-state index in [9.17, 15) is 4.79 Å². The van der Waals surface area contributed by atoms with E-state index >= 15 is 0 Å². The van der Waals surface area contributed by atoms with E-state index in [4.69, 9.17) is 5.11 Å². The molecule has 0 aliphatic rings. The Kier molecular flexibility index (Phi) is 9.52. The number of rotatable bonds is 10. The Morgan fingerprint density at radius 3 is 2.47 bits per heavy atom. The predicted molar refractivity (Wildman–Crippen MR) is 62.1 cm³/mol. The van der Waals surface area contributed by atoms with Crippen molar-refractivity contribution >= 4 is 5.97 Å². The Bertz CT molecular complexity index is 163. The highest BCUT2D eigenvalue weighted by molar-refractivity contribution is 5.69. The third-order valence-corrected chi connectivity index (χ3v) is 2.15. The SMILES string of the molecule is CCCNCCCN(CCC)CC(=O)O. The van der Waals surface area contributed by atoms with Crippen LogP contribution in [0.1, 0.15) is 33.1 Å². The summed E-state index contributed by atoms with van der Waals surface area (Å²) in [6.45, 7) is 8.16. The van der Waals surface area contributed by atoms with E-state index in [0.29, 0.717) is 0 Å². The summed E-state index contributed by atoms with van der Waals surface area (Å²) in [5, 5.41) is 12.0. The lowest BCUT2D eigenvalue weighted by atomic mass is 10.3. The van der Waals surface area contributed by atoms with Crippen molar-refractivity contribution in [2.24, 2.45) is 0 Å². The number of nitrogens with one attached hydrogen (secondary N) is 1. The number of hydrogen-bond acceptors (Lipinski definition) is 3. The molecule has 4 heteroatoms. The van der Waals surface area contributed by atoms with Crippen LogP contribution in [0.15, 0.2) is 0 Å². The van der Waals surface area contributed by atoms with Crippen molar-refractivity contribution in [1.29, 1.82) is 0 Å². The molecule has 0 aliphatic carbocycles. The number of carboxylic acids is 1. The summed E-state index contributed by atoms with van der Waals surface area (Å²) in [6, 6.07) is 0. The highest BCUT2D eigenvalue weighted by Gasteiger charge is 2.07. The van der Waals surface area contributed by atoms with Crippen LogP contribution in [-0.2, 0) is 4.79 Å². The normalized spacial score (nSPS) is 10.9. The lowest BCUT2D eigenvalue weighted by molar-refractivity contribution is -0.138. The van der Waals surface area contributed by atoms with Crippen LogP contribution in [0.5, 0.6) is 0 Å². The Balaban J connectivity index is 3.52. The van der Waals surface area contributed by atoms with Crippen LogP contribution in [0.2, 0.25) is 0 Å². The maximum absolute atomic E-state index is 10.6. The first kappa shape index (κ1) is 14.4. The molecule has 90 valence electrons. The van der Waals surface area contributed by atoms with Crippen molar-refractivity contribution in [2.45, 2.75) is 33.1 Å². The Morgan fingerprint density at radius 1 is 1.20 bits per heavy atom. The van der Waals surface area contributed by atoms with Crippen LogP contribution in [0.4, 0.5) is 0 Å². The van der Waals surface area contributed by atoms with Crippen LogP contribution in [0, 0.1) is 0 Å². The van der Waals surface area contributed by atoms with Gasteiger partial charge in [0.2, 0.25) is 0 Å². The van der Waals surface area contributed by atoms with Gasteiger partial charge in [0.1, 0.15) is 0 Å². The van der Waals surface area contributed by atoms with Crippen LogP contribution >= 0.6 is 0 Å². The maximum atomic E-state index is 10.6. The van der Waals surface area contributed by atoms with E-state index in [1.165, 1.54) is 0 Å². The van der Waals surface area contributed by atoms with E-state index in [0.717, 1.165) is 45.4 Å². The molecule has 0 aromatic heterocycles. The van der Waals surface area contributed by atoms with Gasteiger partial charge in [0, 0.05) is 0 Å². The lowest BCUT2D eigenvalue weighted by Crippen LogP contribution is -2.33. The summed E-state index contributed by atoms with van der Waals surface area (Å²) in [7, 11) is 0. The highest BCUT2D eigenvalue weighted by atomic mass is 16.4. The second kappa shape index (κ2) is 9.93. The molecule has 2 N–H and O–H groups in total. The van der Waals surface area contributed by atoms with E-state index < -0.39 is 5.97 Å². The van der Waals surface area contributed by atoms with Gasteiger partial charge in [-0.25, -0.2) is 0 Å². The van der Waals surface area contributed by atoms with Crippen LogP contribution in [0.25, 0.3) is 0 Å². The van der Waals surface area contributed by atoms with E-state index in [2.05, 4.69) is 19.2 Å². The molecule has 0 aromatic carbocycles. The molecule has 0 radical (unpaired) electrons. The van der Waals surface area contributed by atoms with Crippen molar-refractivity contribution < 1.29 is 9.90 Å². The van der Waals surface area contributed by atoms with Crippen LogP contribution < -0.4 is 5.32 Å². The van der Waals surface area contributed by atoms with Gasteiger partial charge in [-0.1, -0.05) is 13.8 Å². The molecule has 0 bridgehead atoms. The second-order valence-corrected chi connectivity index (χ2v) is 3.77. The van der Waals surface area contributed by atoms with Gasteiger partial charge >= 0.3 is 5.97 Å². The molecule has 0 aliphatic heterocycles. The van der Waals surface area contributed by atoms with Gasteiger partial charge in [-0.05, 0) is 45.4 Å². The summed E-state index contributed by atoms with van der Waals surface area (Å²) in [6.07, 6.45) is 3.18. The third-order valence-electron chi connectivity index (χ3n) is 2.15. The van der Waals surface area contributed by atoms with Gasteiger partial charge < -0.3 is 10.4 Å². The number of carbonyl (C=O) groups is 1. The number of carboxylic acid groups (broad SMARTS) is 1. The first-order valence-corrected chi connectivity index (χ1v) is 5.85. The first-order valence-electron chi connectivity index (χ1n) is 5.85. The van der Waals surface area contributed by atoms with Crippen LogP contribution in [0.3, 0.4) is 0 Å². The van der Waals surface area contributed by atoms with E-state index in [1.807, 2.05) is 4.90 Å². The zero-order valence-electron chi connectivity index (χ0n) is 9.96. The predicted octanol–water partition coefficient (Wildman–Crippen LogP) is 1.17. The maximum Gasteiger partial charge on any atom is 0.317 e. The van der Waals surface area contributed by atoms with Gasteiger partial charge in [-0.15, -0.1) is 0 Å². The minimum absolute atomic E-state index is 0.168. The van der Waals surface area contributed by atoms with Gasteiger partial charge in [0.15, 0.2) is 0 Å². The fourth-order valence-corrected chi connectivity index (χ4v) is 1.51. The standard InChI is InChI=1S/C11H24N2O2/c1-3-6-12-7-5-9-13(8-4-2)10-11(14)15/h12H,3-10H2,1-2H3,(H,14,15). The van der Waals surface area contributed by atoms with Crippen molar-refractivity contribution in [3.63, 3.8) is 0 Å². The Morgan fingerprint density at radius 2 is 1.93 bits per heavy atom. The molecule has 0 atom stereocenters. The molecule has 0 amide bonds. The molecule has 0 saturated carbocycles. The van der Waals surface area contributed by atoms with Gasteiger partial charge in [0.25, 0.3) is 0 Å². The molecule has 15 heavy (non-hydrogen) atoms. The van der Waals surface area contributed by atoms with Crippen molar-refractivity contribution in [1.82, 2.24) is 10.2 Å². The van der Waals surface area contributed by atoms with Gasteiger partial charge in [0.05, 0.1) is 6.54 Å². The fraction of sp³-hybridized carbons (Fsp3) is 0.909. The zero-order valence-corrected chi connectivity index (χ0v) is 9.96. The monoisotopic (exact) mass is 216 g/mol. The summed E-state index contributed by atoms with van der Waals surface area (Å²) in [5.74, 6) is -0.732. The molecule has 0 fully saturated rings. The quantitative estimate of drug-likeness (QED) is 0.538. The van der Waals surface area contributed by atoms with Crippen molar-refractivity contribution in [3.05, 3.63) is 0 Å². The molecule has 0 unspecified atom stereocenters. The van der Waals surface area contributed by atoms with E-state index in [1.54, 1.807) is 0 Å². The average molecular weight is 216 g/mol. The molecular weight excluding hydrogens is 192 g/mol. The molecule has 0 saturated heterocycles. The first-order chi connectivity index (χ1) is 7.20. The zero-order chi connectivity index (χ0) is 11.5. The summed E-state index contributed by atoms with van der Waals surface area (Å²) in [5.41, 5.74) is 0. The van der Waals surface area contributed by atoms with Crippen molar-refractivity contribution in [2.75, 3.05) is 32.7 Å². The number of aliphatic carboxylic acids is 1. The number of hydrogen-bond donors (Lipinski definition) is 2. The highest BCUT2D eigenvalue weighted by Crippen LogP contribution is 1.93. The Labute approximate surface area is 92.7 Å². The minimum Gasteiger partial charge on any atom is -0.480 e. The molecule has 4 nitrogen and oxygen atoms in total. The summed E-state index contributed by atoms with van der Waals surface area (Å²) >= 11 is 0. The fourth-order valence-electron chi connectivity index (χ4n) is 1.51. The van der Waals surface area contributed by atoms with Gasteiger partial charge in [-0.3, -0.25) is 9.69 Å². The van der Waals surface area contributed by atoms with Gasteiger partial charge in [-0.2, -0.15) is 0 Å². The number of nitrogens with zero attached hydrogens (tertiary/aromatic N) is 1. The molecular formula is C11H24N2O2. The summed E-state index contributed by atoms with van der Waals surface area (Å²) in [4.78, 5) is 12.6. The molecule has 0 aromatic rings. The lowest BCUT2D eigenvalue weighted by Gasteiger charge is -2.19. The van der Waals surface area contributed by atoms with Crippen LogP contribution in [-0.4, -0.2) is 48.7 Å². The third kappa shape index (κ3) is 9.69. The summed E-state index contributed by atoms with van der Waals surface area (Å²) < 4.78 is 0. The largest absolute Gasteiger partial charge is 0.480 e. The molecule has 0 heterocycles. The average Bonchev–Trinajstić information content (AvgIpc) is 2.17. The second-order valence-electron chi connectivity index (χ2n) is 3.77. The van der Waals surface area contributed by atoms with E-state index in [-0.39, 0.29) is 6.54 Å². The van der Waals surface area contributed by atoms with Crippen molar-refractivity contribution in [3.8, 4) is 0 Å². The minimum atomic E-state index is -0.732. The topological polar surface area (TPSA) is 52.6 Å². The molecule has 0 spiro atoms.